The van der Waals surface area contributed by atoms with Gasteiger partial charge in [-0.05, 0) is 55.5 Å². The number of pyridine rings is 1. The summed E-state index contributed by atoms with van der Waals surface area (Å²) < 4.78 is 27.5. The van der Waals surface area contributed by atoms with E-state index in [-0.39, 0.29) is 4.21 Å². The number of benzene rings is 1. The van der Waals surface area contributed by atoms with E-state index in [1.165, 1.54) is 17.5 Å². The van der Waals surface area contributed by atoms with Crippen molar-refractivity contribution < 1.29 is 8.42 Å². The molecule has 8 heteroatoms. The van der Waals surface area contributed by atoms with Crippen molar-refractivity contribution in [3.63, 3.8) is 0 Å². The Bertz CT molecular complexity index is 979. The molecule has 3 rings (SSSR count). The standard InChI is InChI=1S/C18H20N4O2S2/c1-13-4-11-18(25-13)26(23,24)21-15-7-10-17(19-12-15)20-14-5-8-16(9-6-14)22(2)3/h4-12,21H,1-3H3,(H,19,20). The van der Waals surface area contributed by atoms with E-state index in [1.807, 2.05) is 50.2 Å². The molecule has 26 heavy (non-hydrogen) atoms. The predicted molar refractivity (Wildman–Crippen MR) is 108 cm³/mol. The maximum absolute atomic E-state index is 12.3. The second-order valence-corrected chi connectivity index (χ2v) is 9.17. The first-order chi connectivity index (χ1) is 12.3. The summed E-state index contributed by atoms with van der Waals surface area (Å²) in [6.45, 7) is 1.87. The summed E-state index contributed by atoms with van der Waals surface area (Å²) in [5, 5.41) is 3.19. The van der Waals surface area contributed by atoms with Crippen LogP contribution in [-0.2, 0) is 10.0 Å². The normalized spacial score (nSPS) is 11.2. The first kappa shape index (κ1) is 18.2. The molecule has 2 N–H and O–H groups in total. The molecule has 0 aliphatic rings. The van der Waals surface area contributed by atoms with Gasteiger partial charge in [-0.2, -0.15) is 0 Å². The minimum atomic E-state index is -3.57. The van der Waals surface area contributed by atoms with Gasteiger partial charge in [0, 0.05) is 30.3 Å². The fraction of sp³-hybridized carbons (Fsp3) is 0.167. The number of aryl methyl sites for hydroxylation is 1. The van der Waals surface area contributed by atoms with Gasteiger partial charge in [-0.3, -0.25) is 4.72 Å². The number of hydrogen-bond acceptors (Lipinski definition) is 6. The third-order valence-corrected chi connectivity index (χ3v) is 6.53. The lowest BCUT2D eigenvalue weighted by Gasteiger charge is -2.13. The minimum Gasteiger partial charge on any atom is -0.378 e. The molecule has 2 heterocycles. The zero-order valence-corrected chi connectivity index (χ0v) is 16.4. The van der Waals surface area contributed by atoms with Crippen molar-refractivity contribution >= 4 is 44.2 Å². The average Bonchev–Trinajstić information content (AvgIpc) is 3.04. The molecule has 0 amide bonds. The largest absolute Gasteiger partial charge is 0.378 e. The zero-order valence-electron chi connectivity index (χ0n) is 14.7. The van der Waals surface area contributed by atoms with Crippen LogP contribution in [0.15, 0.2) is 58.9 Å². The number of nitrogens with one attached hydrogen (secondary N) is 2. The molecule has 6 nitrogen and oxygen atoms in total. The van der Waals surface area contributed by atoms with Gasteiger partial charge in [-0.1, -0.05) is 0 Å². The molecule has 0 bridgehead atoms. The van der Waals surface area contributed by atoms with Crippen molar-refractivity contribution in [2.75, 3.05) is 29.0 Å². The van der Waals surface area contributed by atoms with Crippen molar-refractivity contribution in [1.82, 2.24) is 4.98 Å². The number of rotatable bonds is 6. The van der Waals surface area contributed by atoms with E-state index in [0.717, 1.165) is 16.3 Å². The molecule has 0 saturated heterocycles. The highest BCUT2D eigenvalue weighted by atomic mass is 32.2. The van der Waals surface area contributed by atoms with E-state index < -0.39 is 10.0 Å². The number of nitrogens with zero attached hydrogens (tertiary/aromatic N) is 2. The minimum absolute atomic E-state index is 0.290. The fourth-order valence-corrected chi connectivity index (χ4v) is 4.61. The average molecular weight is 389 g/mol. The number of sulfonamides is 1. The van der Waals surface area contributed by atoms with Crippen molar-refractivity contribution in [1.29, 1.82) is 0 Å². The fourth-order valence-electron chi connectivity index (χ4n) is 2.28. The number of hydrogen-bond donors (Lipinski definition) is 2. The van der Waals surface area contributed by atoms with E-state index in [1.54, 1.807) is 24.3 Å². The Hall–Kier alpha value is -2.58. The van der Waals surface area contributed by atoms with Gasteiger partial charge >= 0.3 is 0 Å². The lowest BCUT2D eigenvalue weighted by Crippen LogP contribution is -2.11. The van der Waals surface area contributed by atoms with Crippen LogP contribution in [0.4, 0.5) is 22.9 Å². The Morgan fingerprint density at radius 1 is 0.962 bits per heavy atom. The van der Waals surface area contributed by atoms with Crippen LogP contribution in [0.1, 0.15) is 4.88 Å². The topological polar surface area (TPSA) is 74.3 Å². The second-order valence-electron chi connectivity index (χ2n) is 5.97. The molecule has 0 spiro atoms. The van der Waals surface area contributed by atoms with Crippen LogP contribution >= 0.6 is 11.3 Å². The lowest BCUT2D eigenvalue weighted by molar-refractivity contribution is 0.603. The molecule has 2 aromatic heterocycles. The summed E-state index contributed by atoms with van der Waals surface area (Å²) in [7, 11) is 0.401. The van der Waals surface area contributed by atoms with Crippen LogP contribution in [0, 0.1) is 6.92 Å². The zero-order chi connectivity index (χ0) is 18.7. The van der Waals surface area contributed by atoms with Crippen molar-refractivity contribution in [2.24, 2.45) is 0 Å². The molecule has 0 radical (unpaired) electrons. The predicted octanol–water partition coefficient (Wildman–Crippen LogP) is 4.06. The van der Waals surface area contributed by atoms with Crippen LogP contribution in [0.25, 0.3) is 0 Å². The summed E-state index contributed by atoms with van der Waals surface area (Å²) >= 11 is 1.24. The monoisotopic (exact) mass is 388 g/mol. The van der Waals surface area contributed by atoms with Gasteiger partial charge in [-0.25, -0.2) is 13.4 Å². The summed E-state index contributed by atoms with van der Waals surface area (Å²) in [6.07, 6.45) is 1.49. The Kier molecular flexibility index (Phi) is 5.15. The third kappa shape index (κ3) is 4.33. The molecule has 3 aromatic rings. The van der Waals surface area contributed by atoms with Crippen molar-refractivity contribution in [3.8, 4) is 0 Å². The quantitative estimate of drug-likeness (QED) is 0.666. The Morgan fingerprint density at radius 2 is 1.65 bits per heavy atom. The second kappa shape index (κ2) is 7.35. The molecule has 0 aliphatic heterocycles. The third-order valence-electron chi connectivity index (χ3n) is 3.65. The van der Waals surface area contributed by atoms with Crippen LogP contribution in [0.3, 0.4) is 0 Å². The van der Waals surface area contributed by atoms with E-state index >= 15 is 0 Å². The maximum atomic E-state index is 12.3. The first-order valence-corrected chi connectivity index (χ1v) is 10.2. The van der Waals surface area contributed by atoms with Crippen LogP contribution in [0.5, 0.6) is 0 Å². The Morgan fingerprint density at radius 3 is 2.19 bits per heavy atom. The van der Waals surface area contributed by atoms with Gasteiger partial charge < -0.3 is 10.2 Å². The van der Waals surface area contributed by atoms with Gasteiger partial charge in [0.1, 0.15) is 10.0 Å². The van der Waals surface area contributed by atoms with Crippen molar-refractivity contribution in [2.45, 2.75) is 11.1 Å². The van der Waals surface area contributed by atoms with Gasteiger partial charge in [-0.15, -0.1) is 11.3 Å². The van der Waals surface area contributed by atoms with E-state index in [9.17, 15) is 8.42 Å². The molecule has 0 aliphatic carbocycles. The molecule has 0 atom stereocenters. The maximum Gasteiger partial charge on any atom is 0.271 e. The highest BCUT2D eigenvalue weighted by molar-refractivity contribution is 7.94. The molecule has 0 unspecified atom stereocenters. The van der Waals surface area contributed by atoms with E-state index in [2.05, 4.69) is 15.0 Å². The van der Waals surface area contributed by atoms with Gasteiger partial charge in [0.25, 0.3) is 10.0 Å². The van der Waals surface area contributed by atoms with E-state index in [4.69, 9.17) is 0 Å². The molecular formula is C18H20N4O2S2. The van der Waals surface area contributed by atoms with Gasteiger partial charge in [0.05, 0.1) is 11.9 Å². The summed E-state index contributed by atoms with van der Waals surface area (Å²) in [4.78, 5) is 7.24. The van der Waals surface area contributed by atoms with Crippen LogP contribution < -0.4 is 14.9 Å². The molecule has 0 fully saturated rings. The van der Waals surface area contributed by atoms with Crippen LogP contribution in [0.2, 0.25) is 0 Å². The molecule has 0 saturated carbocycles. The van der Waals surface area contributed by atoms with E-state index in [0.29, 0.717) is 11.5 Å². The van der Waals surface area contributed by atoms with Gasteiger partial charge in [0.2, 0.25) is 0 Å². The smallest absolute Gasteiger partial charge is 0.271 e. The van der Waals surface area contributed by atoms with Crippen LogP contribution in [-0.4, -0.2) is 27.5 Å². The molecular weight excluding hydrogens is 368 g/mol. The highest BCUT2D eigenvalue weighted by Gasteiger charge is 2.16. The summed E-state index contributed by atoms with van der Waals surface area (Å²) in [5.74, 6) is 0.637. The number of thiophene rings is 1. The lowest BCUT2D eigenvalue weighted by atomic mass is 10.2. The Labute approximate surface area is 157 Å². The molecule has 1 aromatic carbocycles. The summed E-state index contributed by atoms with van der Waals surface area (Å²) in [5.41, 5.74) is 2.44. The van der Waals surface area contributed by atoms with Crippen molar-refractivity contribution in [3.05, 3.63) is 59.6 Å². The number of aromatic nitrogens is 1. The molecule has 136 valence electrons. The number of anilines is 4. The summed E-state index contributed by atoms with van der Waals surface area (Å²) in [6, 6.07) is 14.7. The highest BCUT2D eigenvalue weighted by Crippen LogP contribution is 2.24. The first-order valence-electron chi connectivity index (χ1n) is 7.93. The van der Waals surface area contributed by atoms with Gasteiger partial charge in [0.15, 0.2) is 0 Å². The SMILES string of the molecule is Cc1ccc(S(=O)(=O)Nc2ccc(Nc3ccc(N(C)C)cc3)nc2)s1. The Balaban J connectivity index is 1.68.